The molecule has 3 aliphatic carbocycles. The smallest absolute Gasteiger partial charge is 0.508 e. The maximum atomic E-state index is 13.8. The Hall–Kier alpha value is -3.90. The Morgan fingerprint density at radius 2 is 1.90 bits per heavy atom. The number of aromatic hydroxyl groups is 2. The molecule has 0 aliphatic heterocycles. The van der Waals surface area contributed by atoms with Gasteiger partial charge < -0.3 is 34.4 Å². The van der Waals surface area contributed by atoms with Crippen LogP contribution in [0, 0.1) is 11.8 Å². The number of hydrogen-bond acceptors (Lipinski definition) is 12. The summed E-state index contributed by atoms with van der Waals surface area (Å²) in [5.41, 5.74) is -3.28. The number of carbonyl (C=O) groups is 3. The minimum absolute atomic E-state index is 0.0664. The van der Waals surface area contributed by atoms with Crippen molar-refractivity contribution in [3.63, 3.8) is 0 Å². The quantitative estimate of drug-likeness (QED) is 0.321. The molecule has 0 amide bonds. The molecule has 0 fully saturated rings. The highest BCUT2D eigenvalue weighted by molar-refractivity contribution is 6.16. The molecule has 0 radical (unpaired) electrons. The van der Waals surface area contributed by atoms with Gasteiger partial charge in [-0.1, -0.05) is 32.4 Å². The van der Waals surface area contributed by atoms with Crippen LogP contribution in [0.1, 0.15) is 70.7 Å². The molecule has 0 spiro atoms. The topological polar surface area (TPSA) is 180 Å². The summed E-state index contributed by atoms with van der Waals surface area (Å²) in [4.78, 5) is 42.1. The Kier molecular flexibility index (Phi) is 6.42. The number of fused-ring (bicyclic) bond motifs is 4. The van der Waals surface area contributed by atoms with E-state index in [1.165, 1.54) is 6.07 Å². The van der Waals surface area contributed by atoms with Gasteiger partial charge in [-0.2, -0.15) is 0 Å². The normalized spacial score (nSPS) is 29.4. The zero-order valence-corrected chi connectivity index (χ0v) is 21.9. The Morgan fingerprint density at radius 3 is 2.56 bits per heavy atom. The Labute approximate surface area is 223 Å². The number of aliphatic hydroxyl groups is 2. The van der Waals surface area contributed by atoms with E-state index in [9.17, 15) is 34.8 Å². The molecule has 6 atom stereocenters. The van der Waals surface area contributed by atoms with Crippen LogP contribution in [0.3, 0.4) is 0 Å². The number of carbonyl (C=O) groups excluding carboxylic acids is 3. The standard InChI is InChI=1S/C27H30N2O10/c1-5-6-10-37-26(35)38-21-14-11(2)12-8-7-9-13(30)15(12)20(31)16(14)23(32)27(36)18(21)19(29(3)4)22-17(24(27)33)25(34)28-39-22/h7-9,11,14,18-19,21,30,32,36H,5-6,10H2,1-4H3,(H,28,34)/t11-,14+,18+,19-,21-,27-/m0/s1. The van der Waals surface area contributed by atoms with Crippen LogP contribution in [0.25, 0.3) is 0 Å². The first-order chi connectivity index (χ1) is 18.5. The molecule has 3 aliphatic rings. The zero-order chi connectivity index (χ0) is 28.4. The number of Topliss-reactive ketones (excluding diaryl/α,β-unsaturated/α-hetero) is 2. The second-order valence-corrected chi connectivity index (χ2v) is 10.5. The summed E-state index contributed by atoms with van der Waals surface area (Å²) >= 11 is 0. The highest BCUT2D eigenvalue weighted by Gasteiger charge is 2.69. The molecule has 2 aromatic rings. The summed E-state index contributed by atoms with van der Waals surface area (Å²) in [6, 6.07) is 3.49. The Balaban J connectivity index is 1.77. The maximum Gasteiger partial charge on any atom is 0.508 e. The van der Waals surface area contributed by atoms with Gasteiger partial charge in [0.25, 0.3) is 5.88 Å². The van der Waals surface area contributed by atoms with Gasteiger partial charge in [-0.05, 0) is 43.2 Å². The number of phenolic OH excluding ortho intramolecular Hbond substituents is 1. The first kappa shape index (κ1) is 26.7. The molecule has 12 nitrogen and oxygen atoms in total. The number of hydrogen-bond donors (Lipinski definition) is 4. The highest BCUT2D eigenvalue weighted by Crippen LogP contribution is 2.59. The van der Waals surface area contributed by atoms with E-state index in [-0.39, 0.29) is 29.3 Å². The summed E-state index contributed by atoms with van der Waals surface area (Å²) in [6.45, 7) is 3.71. The molecule has 0 unspecified atom stereocenters. The van der Waals surface area contributed by atoms with Crippen molar-refractivity contribution in [2.75, 3.05) is 20.7 Å². The van der Waals surface area contributed by atoms with Crippen molar-refractivity contribution < 1.29 is 48.8 Å². The van der Waals surface area contributed by atoms with Crippen LogP contribution < -0.4 is 0 Å². The number of aliphatic hydroxyl groups excluding tert-OH is 1. The van der Waals surface area contributed by atoms with Crippen molar-refractivity contribution >= 4 is 17.7 Å². The fraction of sp³-hybridized carbons (Fsp3) is 0.481. The molecule has 0 bridgehead atoms. The zero-order valence-electron chi connectivity index (χ0n) is 21.9. The predicted octanol–water partition coefficient (Wildman–Crippen LogP) is 3.00. The molecule has 5 rings (SSSR count). The third-order valence-electron chi connectivity index (χ3n) is 8.10. The van der Waals surface area contributed by atoms with Crippen LogP contribution in [0.4, 0.5) is 4.79 Å². The summed E-state index contributed by atoms with van der Waals surface area (Å²) < 4.78 is 16.4. The van der Waals surface area contributed by atoms with Gasteiger partial charge in [-0.15, -0.1) is 0 Å². The summed E-state index contributed by atoms with van der Waals surface area (Å²) in [5, 5.41) is 48.0. The summed E-state index contributed by atoms with van der Waals surface area (Å²) in [6.07, 6.45) is -1.14. The van der Waals surface area contributed by atoms with E-state index in [0.29, 0.717) is 12.0 Å². The van der Waals surface area contributed by atoms with Gasteiger partial charge in [0.2, 0.25) is 5.78 Å². The Morgan fingerprint density at radius 1 is 1.18 bits per heavy atom. The number of ether oxygens (including phenoxy) is 2. The lowest BCUT2D eigenvalue weighted by molar-refractivity contribution is -0.125. The lowest BCUT2D eigenvalue weighted by Crippen LogP contribution is -2.65. The molecule has 1 aromatic carbocycles. The molecular weight excluding hydrogens is 512 g/mol. The highest BCUT2D eigenvalue weighted by atomic mass is 16.7. The van der Waals surface area contributed by atoms with Crippen LogP contribution in [0.15, 0.2) is 34.1 Å². The second kappa shape index (κ2) is 9.38. The van der Waals surface area contributed by atoms with Crippen LogP contribution in [0.5, 0.6) is 11.6 Å². The third-order valence-corrected chi connectivity index (χ3v) is 8.10. The summed E-state index contributed by atoms with van der Waals surface area (Å²) in [7, 11) is 3.22. The average Bonchev–Trinajstić information content (AvgIpc) is 3.26. The average molecular weight is 543 g/mol. The number of benzene rings is 1. The van der Waals surface area contributed by atoms with E-state index in [1.807, 2.05) is 6.92 Å². The van der Waals surface area contributed by atoms with Crippen LogP contribution >= 0.6 is 0 Å². The van der Waals surface area contributed by atoms with Gasteiger partial charge in [0.05, 0.1) is 24.1 Å². The van der Waals surface area contributed by atoms with E-state index < -0.39 is 70.4 Å². The van der Waals surface area contributed by atoms with Crippen molar-refractivity contribution in [1.29, 1.82) is 0 Å². The second-order valence-electron chi connectivity index (χ2n) is 10.5. The fourth-order valence-corrected chi connectivity index (χ4v) is 6.33. The predicted molar refractivity (Wildman–Crippen MR) is 132 cm³/mol. The number of aromatic nitrogens is 1. The number of phenols is 1. The van der Waals surface area contributed by atoms with Crippen LogP contribution in [-0.2, 0) is 9.47 Å². The van der Waals surface area contributed by atoms with Crippen LogP contribution in [0.2, 0.25) is 0 Å². The monoisotopic (exact) mass is 542 g/mol. The van der Waals surface area contributed by atoms with E-state index in [1.54, 1.807) is 38.1 Å². The van der Waals surface area contributed by atoms with Crippen molar-refractivity contribution in [2.45, 2.75) is 50.4 Å². The van der Waals surface area contributed by atoms with Crippen molar-refractivity contribution in [3.05, 3.63) is 52.0 Å². The number of nitrogens with zero attached hydrogens (tertiary/aromatic N) is 2. The fourth-order valence-electron chi connectivity index (χ4n) is 6.33. The first-order valence-corrected chi connectivity index (χ1v) is 12.7. The van der Waals surface area contributed by atoms with Gasteiger partial charge >= 0.3 is 6.16 Å². The molecule has 12 heteroatoms. The minimum Gasteiger partial charge on any atom is -0.508 e. The molecule has 4 N–H and O–H groups in total. The summed E-state index contributed by atoms with van der Waals surface area (Å²) in [5.74, 6) is -7.21. The Bertz CT molecular complexity index is 1390. The van der Waals surface area contributed by atoms with E-state index in [4.69, 9.17) is 14.0 Å². The van der Waals surface area contributed by atoms with Gasteiger partial charge in [0.1, 0.15) is 23.2 Å². The lowest BCUT2D eigenvalue weighted by atomic mass is 9.55. The van der Waals surface area contributed by atoms with Crippen molar-refractivity contribution in [2.24, 2.45) is 11.8 Å². The largest absolute Gasteiger partial charge is 0.508 e. The van der Waals surface area contributed by atoms with E-state index >= 15 is 0 Å². The molecule has 1 heterocycles. The molecule has 0 saturated carbocycles. The molecule has 1 aromatic heterocycles. The van der Waals surface area contributed by atoms with Gasteiger partial charge in [0.15, 0.2) is 17.1 Å². The van der Waals surface area contributed by atoms with E-state index in [0.717, 1.165) is 6.42 Å². The van der Waals surface area contributed by atoms with E-state index in [2.05, 4.69) is 5.16 Å². The van der Waals surface area contributed by atoms with Crippen molar-refractivity contribution in [1.82, 2.24) is 10.1 Å². The van der Waals surface area contributed by atoms with Gasteiger partial charge in [0, 0.05) is 11.5 Å². The van der Waals surface area contributed by atoms with Gasteiger partial charge in [-0.25, -0.2) is 4.79 Å². The number of unbranched alkanes of at least 4 members (excludes halogenated alkanes) is 1. The van der Waals surface area contributed by atoms with Gasteiger partial charge in [-0.3, -0.25) is 14.5 Å². The lowest BCUT2D eigenvalue weighted by Gasteiger charge is -2.53. The third kappa shape index (κ3) is 3.65. The van der Waals surface area contributed by atoms with Crippen LogP contribution in [-0.4, -0.2) is 80.6 Å². The maximum absolute atomic E-state index is 13.8. The number of ketones is 2. The molecule has 39 heavy (non-hydrogen) atoms. The molecular formula is C27H30N2O10. The molecule has 208 valence electrons. The SMILES string of the molecule is CCCCOC(=O)O[C@H]1[C@H]2C(=C(O)[C@]3(O)C(=O)c4c(O)noc4[C@@H](N(C)C)[C@H]13)C(=O)c1c(O)cccc1[C@@H]2C. The first-order valence-electron chi connectivity index (χ1n) is 12.7. The minimum atomic E-state index is -2.82. The van der Waals surface area contributed by atoms with Crippen molar-refractivity contribution in [3.8, 4) is 11.6 Å². The number of rotatable bonds is 5. The molecule has 0 saturated heterocycles.